The van der Waals surface area contributed by atoms with Gasteiger partial charge in [-0.15, -0.1) is 0 Å². The van der Waals surface area contributed by atoms with E-state index in [1.165, 1.54) is 12.1 Å². The van der Waals surface area contributed by atoms with Crippen molar-refractivity contribution in [1.29, 1.82) is 0 Å². The molecule has 92 valence electrons. The van der Waals surface area contributed by atoms with Crippen molar-refractivity contribution in [1.82, 2.24) is 10.2 Å². The standard InChI is InChI=1S/C12H10IN3O2/c1-7-2-3-8(6-9(7)13)14-12(18)10-4-5-11(17)16-15-10/h2-6H,1H3,(H,14,18)(H,16,17). The van der Waals surface area contributed by atoms with Gasteiger partial charge in [-0.2, -0.15) is 5.10 Å². The van der Waals surface area contributed by atoms with E-state index in [1.54, 1.807) is 0 Å². The Bertz CT molecular complexity index is 632. The highest BCUT2D eigenvalue weighted by Gasteiger charge is 2.08. The molecule has 5 nitrogen and oxygen atoms in total. The predicted molar refractivity (Wildman–Crippen MR) is 76.7 cm³/mol. The molecule has 18 heavy (non-hydrogen) atoms. The molecule has 1 amide bonds. The van der Waals surface area contributed by atoms with Crippen LogP contribution in [0.3, 0.4) is 0 Å². The lowest BCUT2D eigenvalue weighted by Gasteiger charge is -2.06. The van der Waals surface area contributed by atoms with Gasteiger partial charge >= 0.3 is 0 Å². The van der Waals surface area contributed by atoms with Crippen LogP contribution in [-0.4, -0.2) is 16.1 Å². The monoisotopic (exact) mass is 355 g/mol. The summed E-state index contributed by atoms with van der Waals surface area (Å²) in [4.78, 5) is 22.7. The lowest BCUT2D eigenvalue weighted by Crippen LogP contribution is -2.17. The summed E-state index contributed by atoms with van der Waals surface area (Å²) in [6, 6.07) is 8.27. The number of nitrogens with one attached hydrogen (secondary N) is 2. The zero-order chi connectivity index (χ0) is 13.1. The molecule has 1 aromatic heterocycles. The van der Waals surface area contributed by atoms with Crippen molar-refractivity contribution >= 4 is 34.2 Å². The predicted octanol–water partition coefficient (Wildman–Crippen LogP) is 1.94. The second kappa shape index (κ2) is 5.30. The Labute approximate surface area is 117 Å². The van der Waals surface area contributed by atoms with Gasteiger partial charge in [-0.05, 0) is 53.3 Å². The molecular weight excluding hydrogens is 345 g/mol. The first kappa shape index (κ1) is 12.7. The molecule has 0 spiro atoms. The smallest absolute Gasteiger partial charge is 0.276 e. The maximum absolute atomic E-state index is 11.8. The van der Waals surface area contributed by atoms with Gasteiger partial charge in [-0.1, -0.05) is 6.07 Å². The number of aromatic nitrogens is 2. The normalized spacial score (nSPS) is 10.1. The van der Waals surface area contributed by atoms with E-state index in [0.29, 0.717) is 5.69 Å². The van der Waals surface area contributed by atoms with Crippen LogP contribution in [0.5, 0.6) is 0 Å². The average Bonchev–Trinajstić information content (AvgIpc) is 2.34. The average molecular weight is 355 g/mol. The lowest BCUT2D eigenvalue weighted by atomic mass is 10.2. The Morgan fingerprint density at radius 2 is 2.11 bits per heavy atom. The Balaban J connectivity index is 2.18. The number of hydrogen-bond acceptors (Lipinski definition) is 3. The molecule has 1 heterocycles. The first-order valence-corrected chi connectivity index (χ1v) is 6.27. The number of benzene rings is 1. The number of aryl methyl sites for hydroxylation is 1. The summed E-state index contributed by atoms with van der Waals surface area (Å²) < 4.78 is 1.07. The molecule has 0 fully saturated rings. The van der Waals surface area contributed by atoms with Gasteiger partial charge in [0.15, 0.2) is 0 Å². The molecule has 0 aliphatic heterocycles. The van der Waals surface area contributed by atoms with Crippen LogP contribution in [0.25, 0.3) is 0 Å². The van der Waals surface area contributed by atoms with Crippen LogP contribution in [0, 0.1) is 10.5 Å². The Morgan fingerprint density at radius 3 is 2.72 bits per heavy atom. The van der Waals surface area contributed by atoms with E-state index in [0.717, 1.165) is 9.13 Å². The topological polar surface area (TPSA) is 74.8 Å². The lowest BCUT2D eigenvalue weighted by molar-refractivity contribution is 0.102. The summed E-state index contributed by atoms with van der Waals surface area (Å²) in [5.41, 5.74) is 1.68. The Morgan fingerprint density at radius 1 is 1.33 bits per heavy atom. The van der Waals surface area contributed by atoms with Crippen molar-refractivity contribution < 1.29 is 4.79 Å². The molecule has 0 saturated heterocycles. The molecule has 1 aromatic carbocycles. The highest BCUT2D eigenvalue weighted by molar-refractivity contribution is 14.1. The van der Waals surface area contributed by atoms with Crippen LogP contribution in [0.4, 0.5) is 5.69 Å². The Kier molecular flexibility index (Phi) is 3.75. The summed E-state index contributed by atoms with van der Waals surface area (Å²) in [7, 11) is 0. The molecule has 0 saturated carbocycles. The molecule has 6 heteroatoms. The summed E-state index contributed by atoms with van der Waals surface area (Å²) >= 11 is 2.20. The number of amides is 1. The first-order chi connectivity index (χ1) is 8.56. The van der Waals surface area contributed by atoms with Gasteiger partial charge in [0, 0.05) is 15.3 Å². The zero-order valence-electron chi connectivity index (χ0n) is 9.53. The number of nitrogens with zero attached hydrogens (tertiary/aromatic N) is 1. The minimum Gasteiger partial charge on any atom is -0.321 e. The summed E-state index contributed by atoms with van der Waals surface area (Å²) in [5.74, 6) is -0.356. The summed E-state index contributed by atoms with van der Waals surface area (Å²) in [5, 5.41) is 8.60. The molecular formula is C12H10IN3O2. The van der Waals surface area contributed by atoms with E-state index in [2.05, 4.69) is 38.1 Å². The quantitative estimate of drug-likeness (QED) is 0.809. The SMILES string of the molecule is Cc1ccc(NC(=O)c2ccc(=O)[nH]n2)cc1I. The van der Waals surface area contributed by atoms with E-state index in [9.17, 15) is 9.59 Å². The van der Waals surface area contributed by atoms with Crippen molar-refractivity contribution in [2.75, 3.05) is 5.32 Å². The second-order valence-electron chi connectivity index (χ2n) is 3.72. The van der Waals surface area contributed by atoms with Crippen molar-refractivity contribution in [3.05, 3.63) is 55.5 Å². The number of carbonyl (C=O) groups is 1. The maximum atomic E-state index is 11.8. The third-order valence-corrected chi connectivity index (χ3v) is 3.50. The van der Waals surface area contributed by atoms with Gasteiger partial charge in [-0.3, -0.25) is 9.59 Å². The molecule has 0 atom stereocenters. The molecule has 0 unspecified atom stereocenters. The van der Waals surface area contributed by atoms with Crippen LogP contribution in [0.2, 0.25) is 0 Å². The molecule has 0 aliphatic rings. The molecule has 2 rings (SSSR count). The van der Waals surface area contributed by atoms with Crippen molar-refractivity contribution in [3.8, 4) is 0 Å². The number of halogens is 1. The molecule has 2 aromatic rings. The largest absolute Gasteiger partial charge is 0.321 e. The number of rotatable bonds is 2. The highest BCUT2D eigenvalue weighted by atomic mass is 127. The molecule has 0 radical (unpaired) electrons. The third kappa shape index (κ3) is 2.95. The maximum Gasteiger partial charge on any atom is 0.276 e. The number of carbonyl (C=O) groups excluding carboxylic acids is 1. The van der Waals surface area contributed by atoms with E-state index in [-0.39, 0.29) is 17.2 Å². The number of hydrogen-bond donors (Lipinski definition) is 2. The molecule has 0 bridgehead atoms. The molecule has 2 N–H and O–H groups in total. The van der Waals surface area contributed by atoms with E-state index in [4.69, 9.17) is 0 Å². The van der Waals surface area contributed by atoms with Gasteiger partial charge in [0.1, 0.15) is 5.69 Å². The fraction of sp³-hybridized carbons (Fsp3) is 0.0833. The fourth-order valence-electron chi connectivity index (χ4n) is 1.34. The third-order valence-electron chi connectivity index (χ3n) is 2.34. The van der Waals surface area contributed by atoms with Crippen molar-refractivity contribution in [3.63, 3.8) is 0 Å². The fourth-order valence-corrected chi connectivity index (χ4v) is 1.85. The van der Waals surface area contributed by atoms with Crippen LogP contribution >= 0.6 is 22.6 Å². The van der Waals surface area contributed by atoms with Crippen LogP contribution < -0.4 is 10.9 Å². The minimum atomic E-state index is -0.356. The van der Waals surface area contributed by atoms with E-state index >= 15 is 0 Å². The summed E-state index contributed by atoms with van der Waals surface area (Å²) in [6.45, 7) is 2.00. The highest BCUT2D eigenvalue weighted by Crippen LogP contribution is 2.17. The van der Waals surface area contributed by atoms with Crippen molar-refractivity contribution in [2.24, 2.45) is 0 Å². The minimum absolute atomic E-state index is 0.171. The van der Waals surface area contributed by atoms with Crippen LogP contribution in [0.15, 0.2) is 35.1 Å². The number of aromatic amines is 1. The number of anilines is 1. The Hall–Kier alpha value is -1.70. The van der Waals surface area contributed by atoms with Crippen LogP contribution in [-0.2, 0) is 0 Å². The summed E-state index contributed by atoms with van der Waals surface area (Å²) in [6.07, 6.45) is 0. The van der Waals surface area contributed by atoms with Gasteiger partial charge in [0.2, 0.25) is 0 Å². The van der Waals surface area contributed by atoms with Gasteiger partial charge < -0.3 is 5.32 Å². The number of H-pyrrole nitrogens is 1. The van der Waals surface area contributed by atoms with Crippen LogP contribution in [0.1, 0.15) is 16.1 Å². The van der Waals surface area contributed by atoms with Crippen molar-refractivity contribution in [2.45, 2.75) is 6.92 Å². The first-order valence-electron chi connectivity index (χ1n) is 5.19. The van der Waals surface area contributed by atoms with E-state index in [1.807, 2.05) is 25.1 Å². The second-order valence-corrected chi connectivity index (χ2v) is 4.89. The van der Waals surface area contributed by atoms with Gasteiger partial charge in [-0.25, -0.2) is 5.10 Å². The zero-order valence-corrected chi connectivity index (χ0v) is 11.7. The molecule has 0 aliphatic carbocycles. The van der Waals surface area contributed by atoms with Gasteiger partial charge in [0.05, 0.1) is 0 Å². The van der Waals surface area contributed by atoms with Gasteiger partial charge in [0.25, 0.3) is 11.5 Å². The van der Waals surface area contributed by atoms with E-state index < -0.39 is 0 Å².